The molecule has 0 bridgehead atoms. The summed E-state index contributed by atoms with van der Waals surface area (Å²) < 4.78 is 0. The summed E-state index contributed by atoms with van der Waals surface area (Å²) in [5.74, 6) is 3.60. The van der Waals surface area contributed by atoms with Gasteiger partial charge in [0, 0.05) is 5.75 Å². The average Bonchev–Trinajstić information content (AvgIpc) is 2.95. The first kappa shape index (κ1) is 39.7. The van der Waals surface area contributed by atoms with Crippen LogP contribution in [-0.2, 0) is 0 Å². The van der Waals surface area contributed by atoms with Gasteiger partial charge in [-0.25, -0.2) is 0 Å². The molecule has 0 N–H and O–H groups in total. The Bertz CT molecular complexity index is 361. The van der Waals surface area contributed by atoms with Crippen LogP contribution in [0.5, 0.6) is 0 Å². The molecule has 0 unspecified atom stereocenters. The highest BCUT2D eigenvalue weighted by atomic mass is 32.2. The summed E-state index contributed by atoms with van der Waals surface area (Å²) in [6.07, 6.45) is 48.8. The third-order valence-electron chi connectivity index (χ3n) is 8.63. The van der Waals surface area contributed by atoms with E-state index in [2.05, 4.69) is 31.3 Å². The van der Waals surface area contributed by atoms with Crippen LogP contribution in [0.1, 0.15) is 219 Å². The fourth-order valence-corrected chi connectivity index (χ4v) is 7.05. The Morgan fingerprint density at radius 2 is 0.487 bits per heavy atom. The molecule has 0 spiro atoms. The van der Waals surface area contributed by atoms with Crippen LogP contribution in [0.3, 0.4) is 0 Å². The minimum absolute atomic E-state index is 1.03. The molecule has 0 nitrogen and oxygen atoms in total. The standard InChI is InChI=1S/C37H76S2/c1-2-3-4-5-6-7-8-9-10-11-12-13-14-15-16-17-18-19-20-21-22-23-24-25-26-27-28-29-30-31-32-33-34-36-39-37-35-38/h38H,2-37H2,1H3. The Kier molecular flexibility index (Phi) is 39.4. The minimum Gasteiger partial charge on any atom is -0.179 e. The van der Waals surface area contributed by atoms with Crippen molar-refractivity contribution in [2.24, 2.45) is 0 Å². The summed E-state index contributed by atoms with van der Waals surface area (Å²) in [5, 5.41) is 0. The molecule has 0 radical (unpaired) electrons. The minimum atomic E-state index is 1.03. The maximum atomic E-state index is 4.27. The molecular formula is C37H76S2. The molecule has 0 aromatic rings. The van der Waals surface area contributed by atoms with Crippen LogP contribution in [0.2, 0.25) is 0 Å². The normalized spacial score (nSPS) is 11.5. The van der Waals surface area contributed by atoms with E-state index in [1.54, 1.807) is 0 Å². The van der Waals surface area contributed by atoms with Crippen LogP contribution >= 0.6 is 24.4 Å². The summed E-state index contributed by atoms with van der Waals surface area (Å²) >= 11 is 6.34. The predicted octanol–water partition coefficient (Wildman–Crippen LogP) is 14.5. The van der Waals surface area contributed by atoms with Crippen molar-refractivity contribution in [3.05, 3.63) is 0 Å². The van der Waals surface area contributed by atoms with E-state index in [0.29, 0.717) is 0 Å². The van der Waals surface area contributed by atoms with Crippen LogP contribution in [0, 0.1) is 0 Å². The molecule has 0 atom stereocenters. The lowest BCUT2D eigenvalue weighted by molar-refractivity contribution is 0.512. The second kappa shape index (κ2) is 38.7. The molecular weight excluding hydrogens is 509 g/mol. The average molecular weight is 585 g/mol. The summed E-state index contributed by atoms with van der Waals surface area (Å²) in [4.78, 5) is 0. The largest absolute Gasteiger partial charge is 0.179 e. The first-order valence-corrected chi connectivity index (χ1v) is 20.4. The number of hydrogen-bond donors (Lipinski definition) is 1. The SMILES string of the molecule is CCCCCCCCCCCCCCCCCCCCCCCCCCCCCCCCCCCSCCS. The lowest BCUT2D eigenvalue weighted by Gasteiger charge is -2.05. The lowest BCUT2D eigenvalue weighted by atomic mass is 10.0. The van der Waals surface area contributed by atoms with Crippen molar-refractivity contribution in [3.8, 4) is 0 Å². The van der Waals surface area contributed by atoms with Crippen molar-refractivity contribution in [2.45, 2.75) is 219 Å². The Hall–Kier alpha value is 0.700. The van der Waals surface area contributed by atoms with Crippen LogP contribution in [-0.4, -0.2) is 17.3 Å². The third-order valence-corrected chi connectivity index (χ3v) is 10.2. The molecule has 0 aromatic carbocycles. The quantitative estimate of drug-likeness (QED) is 0.0564. The maximum absolute atomic E-state index is 4.27. The van der Waals surface area contributed by atoms with Gasteiger partial charge in [-0.3, -0.25) is 0 Å². The molecule has 0 aliphatic heterocycles. The highest BCUT2D eigenvalue weighted by Gasteiger charge is 1.97. The number of hydrogen-bond acceptors (Lipinski definition) is 2. The fourth-order valence-electron chi connectivity index (χ4n) is 5.92. The first-order valence-electron chi connectivity index (χ1n) is 18.6. The molecule has 0 rings (SSSR count). The van der Waals surface area contributed by atoms with E-state index in [-0.39, 0.29) is 0 Å². The van der Waals surface area contributed by atoms with Gasteiger partial charge in [0.2, 0.25) is 0 Å². The number of unbranched alkanes of at least 4 members (excludes halogenated alkanes) is 32. The second-order valence-electron chi connectivity index (χ2n) is 12.6. The van der Waals surface area contributed by atoms with E-state index in [9.17, 15) is 0 Å². The van der Waals surface area contributed by atoms with Gasteiger partial charge in [0.05, 0.1) is 0 Å². The summed E-state index contributed by atoms with van der Waals surface area (Å²) in [5.41, 5.74) is 0. The Morgan fingerprint density at radius 3 is 0.692 bits per heavy atom. The van der Waals surface area contributed by atoms with Crippen LogP contribution in [0.25, 0.3) is 0 Å². The van der Waals surface area contributed by atoms with Gasteiger partial charge in [0.1, 0.15) is 0 Å². The van der Waals surface area contributed by atoms with Gasteiger partial charge in [0.15, 0.2) is 0 Å². The highest BCUT2D eigenvalue weighted by Crippen LogP contribution is 2.17. The van der Waals surface area contributed by atoms with Crippen molar-refractivity contribution >= 4 is 24.4 Å². The molecule has 39 heavy (non-hydrogen) atoms. The van der Waals surface area contributed by atoms with Crippen LogP contribution in [0.4, 0.5) is 0 Å². The first-order chi connectivity index (χ1) is 19.4. The summed E-state index contributed by atoms with van der Waals surface area (Å²) in [7, 11) is 0. The molecule has 0 aliphatic rings. The zero-order chi connectivity index (χ0) is 28.2. The van der Waals surface area contributed by atoms with Gasteiger partial charge in [-0.1, -0.05) is 212 Å². The van der Waals surface area contributed by atoms with E-state index in [0.717, 1.165) is 5.75 Å². The van der Waals surface area contributed by atoms with E-state index in [1.165, 1.54) is 223 Å². The van der Waals surface area contributed by atoms with E-state index in [1.807, 2.05) is 0 Å². The molecule has 236 valence electrons. The molecule has 0 fully saturated rings. The molecule has 0 heterocycles. The molecule has 0 amide bonds. The van der Waals surface area contributed by atoms with Crippen molar-refractivity contribution in [3.63, 3.8) is 0 Å². The van der Waals surface area contributed by atoms with Crippen molar-refractivity contribution in [2.75, 3.05) is 17.3 Å². The monoisotopic (exact) mass is 585 g/mol. The molecule has 0 aromatic heterocycles. The number of thioether (sulfide) groups is 1. The van der Waals surface area contributed by atoms with Gasteiger partial charge in [-0.15, -0.1) is 0 Å². The van der Waals surface area contributed by atoms with E-state index < -0.39 is 0 Å². The smallest absolute Gasteiger partial charge is 0.00210 e. The van der Waals surface area contributed by atoms with Crippen molar-refractivity contribution in [1.82, 2.24) is 0 Å². The summed E-state index contributed by atoms with van der Waals surface area (Å²) in [6, 6.07) is 0. The van der Waals surface area contributed by atoms with E-state index in [4.69, 9.17) is 0 Å². The van der Waals surface area contributed by atoms with Crippen LogP contribution < -0.4 is 0 Å². The Balaban J connectivity index is 3.01. The van der Waals surface area contributed by atoms with Gasteiger partial charge in [-0.2, -0.15) is 24.4 Å². The highest BCUT2D eigenvalue weighted by molar-refractivity contribution is 7.99. The topological polar surface area (TPSA) is 0 Å². The molecule has 0 saturated heterocycles. The lowest BCUT2D eigenvalue weighted by Crippen LogP contribution is -1.86. The van der Waals surface area contributed by atoms with Crippen molar-refractivity contribution < 1.29 is 0 Å². The Morgan fingerprint density at radius 1 is 0.282 bits per heavy atom. The molecule has 2 heteroatoms. The molecule has 0 saturated carbocycles. The zero-order valence-corrected chi connectivity index (χ0v) is 29.0. The zero-order valence-electron chi connectivity index (χ0n) is 27.3. The second-order valence-corrected chi connectivity index (χ2v) is 14.3. The molecule has 0 aliphatic carbocycles. The third kappa shape index (κ3) is 38.7. The van der Waals surface area contributed by atoms with E-state index >= 15 is 0 Å². The number of rotatable bonds is 36. The Labute approximate surface area is 259 Å². The van der Waals surface area contributed by atoms with Gasteiger partial charge < -0.3 is 0 Å². The summed E-state index contributed by atoms with van der Waals surface area (Å²) in [6.45, 7) is 2.31. The predicted molar refractivity (Wildman–Crippen MR) is 189 cm³/mol. The van der Waals surface area contributed by atoms with Gasteiger partial charge in [-0.05, 0) is 17.9 Å². The van der Waals surface area contributed by atoms with Crippen LogP contribution in [0.15, 0.2) is 0 Å². The van der Waals surface area contributed by atoms with Gasteiger partial charge in [0.25, 0.3) is 0 Å². The fraction of sp³-hybridized carbons (Fsp3) is 1.00. The van der Waals surface area contributed by atoms with Crippen molar-refractivity contribution in [1.29, 1.82) is 0 Å². The van der Waals surface area contributed by atoms with Gasteiger partial charge >= 0.3 is 0 Å². The maximum Gasteiger partial charge on any atom is 0.00210 e. The number of thiol groups is 1.